The number of hydrogen-bond donors (Lipinski definition) is 2. The lowest BCUT2D eigenvalue weighted by Gasteiger charge is -2.11. The van der Waals surface area contributed by atoms with Gasteiger partial charge in [0.1, 0.15) is 17.9 Å². The monoisotopic (exact) mass is 291 g/mol. The van der Waals surface area contributed by atoms with Crippen LogP contribution in [0.2, 0.25) is 0 Å². The van der Waals surface area contributed by atoms with Crippen LogP contribution in [0.1, 0.15) is 15.9 Å². The topological polar surface area (TPSA) is 81.8 Å². The second-order valence-electron chi connectivity index (χ2n) is 4.28. The summed E-state index contributed by atoms with van der Waals surface area (Å²) in [6.45, 7) is 0.0185. The molecule has 2 aromatic rings. The Balaban J connectivity index is 2.19. The number of methoxy groups -OCH3 is 1. The van der Waals surface area contributed by atoms with Crippen molar-refractivity contribution in [3.05, 3.63) is 53.3 Å². The summed E-state index contributed by atoms with van der Waals surface area (Å²) in [6, 6.07) is 8.94. The summed E-state index contributed by atoms with van der Waals surface area (Å²) < 4.78 is 23.8. The molecule has 21 heavy (non-hydrogen) atoms. The molecule has 0 bridgehead atoms. The van der Waals surface area contributed by atoms with Crippen molar-refractivity contribution in [2.45, 2.75) is 6.61 Å². The molecule has 0 saturated heterocycles. The molecule has 0 aliphatic rings. The van der Waals surface area contributed by atoms with E-state index in [0.717, 1.165) is 0 Å². The maximum Gasteiger partial charge on any atom is 0.341 e. The average molecular weight is 291 g/mol. The minimum atomic E-state index is -1.18. The van der Waals surface area contributed by atoms with E-state index in [1.165, 1.54) is 31.4 Å². The summed E-state index contributed by atoms with van der Waals surface area (Å²) in [6.07, 6.45) is 0. The number of carboxylic acids is 1. The van der Waals surface area contributed by atoms with Crippen LogP contribution >= 0.6 is 0 Å². The number of carboxylic acid groups (broad SMARTS) is 1. The molecule has 0 radical (unpaired) electrons. The molecular weight excluding hydrogens is 277 g/mol. The van der Waals surface area contributed by atoms with Crippen LogP contribution in [0.3, 0.4) is 0 Å². The van der Waals surface area contributed by atoms with Crippen LogP contribution in [-0.2, 0) is 6.61 Å². The Morgan fingerprint density at radius 1 is 1.29 bits per heavy atom. The molecule has 6 heteroatoms. The summed E-state index contributed by atoms with van der Waals surface area (Å²) in [5.74, 6) is -1.42. The minimum Gasteiger partial charge on any atom is -0.494 e. The van der Waals surface area contributed by atoms with Crippen LogP contribution in [0.4, 0.5) is 10.1 Å². The molecule has 0 unspecified atom stereocenters. The lowest BCUT2D eigenvalue weighted by molar-refractivity contribution is 0.0693. The number of ether oxygens (including phenoxy) is 2. The highest BCUT2D eigenvalue weighted by molar-refractivity contribution is 5.96. The van der Waals surface area contributed by atoms with Gasteiger partial charge in [0.05, 0.1) is 7.11 Å². The van der Waals surface area contributed by atoms with Crippen molar-refractivity contribution < 1.29 is 23.8 Å². The predicted octanol–water partition coefficient (Wildman–Crippen LogP) is 2.69. The Labute approximate surface area is 120 Å². The molecule has 0 amide bonds. The highest BCUT2D eigenvalue weighted by atomic mass is 19.1. The van der Waals surface area contributed by atoms with Crippen LogP contribution < -0.4 is 15.2 Å². The first-order chi connectivity index (χ1) is 10.0. The van der Waals surface area contributed by atoms with Crippen LogP contribution in [0.25, 0.3) is 0 Å². The number of hydrogen-bond acceptors (Lipinski definition) is 4. The molecule has 0 saturated carbocycles. The fraction of sp³-hybridized carbons (Fsp3) is 0.133. The lowest BCUT2D eigenvalue weighted by atomic mass is 10.1. The van der Waals surface area contributed by atoms with Gasteiger partial charge in [-0.15, -0.1) is 0 Å². The Morgan fingerprint density at radius 2 is 2.05 bits per heavy atom. The number of aromatic carboxylic acids is 1. The quantitative estimate of drug-likeness (QED) is 0.828. The third-order valence-corrected chi connectivity index (χ3v) is 2.88. The van der Waals surface area contributed by atoms with Crippen LogP contribution in [0.15, 0.2) is 36.4 Å². The van der Waals surface area contributed by atoms with Crippen molar-refractivity contribution >= 4 is 11.7 Å². The molecule has 3 N–H and O–H groups in total. The molecule has 0 aliphatic carbocycles. The molecule has 110 valence electrons. The minimum absolute atomic E-state index is 0.0185. The van der Waals surface area contributed by atoms with E-state index < -0.39 is 11.8 Å². The van der Waals surface area contributed by atoms with Crippen molar-refractivity contribution in [2.24, 2.45) is 0 Å². The number of anilines is 1. The molecule has 0 atom stereocenters. The maximum absolute atomic E-state index is 13.6. The van der Waals surface area contributed by atoms with E-state index in [1.54, 1.807) is 12.1 Å². The van der Waals surface area contributed by atoms with Gasteiger partial charge >= 0.3 is 5.97 Å². The molecule has 2 rings (SSSR count). The number of benzene rings is 2. The van der Waals surface area contributed by atoms with Gasteiger partial charge in [0.2, 0.25) is 0 Å². The van der Waals surface area contributed by atoms with Gasteiger partial charge in [0, 0.05) is 5.69 Å². The Hall–Kier alpha value is -2.76. The largest absolute Gasteiger partial charge is 0.494 e. The third-order valence-electron chi connectivity index (χ3n) is 2.88. The number of halogens is 1. The van der Waals surface area contributed by atoms with Crippen molar-refractivity contribution in [1.82, 2.24) is 0 Å². The van der Waals surface area contributed by atoms with Crippen LogP contribution in [-0.4, -0.2) is 18.2 Å². The fourth-order valence-corrected chi connectivity index (χ4v) is 1.86. The zero-order valence-electron chi connectivity index (χ0n) is 11.3. The van der Waals surface area contributed by atoms with Gasteiger partial charge in [-0.25, -0.2) is 9.18 Å². The zero-order valence-corrected chi connectivity index (χ0v) is 11.3. The Morgan fingerprint density at radius 3 is 2.67 bits per heavy atom. The first-order valence-electron chi connectivity index (χ1n) is 6.10. The van der Waals surface area contributed by atoms with Gasteiger partial charge in [-0.05, 0) is 29.8 Å². The summed E-state index contributed by atoms with van der Waals surface area (Å²) in [5.41, 5.74) is 6.17. The molecule has 2 aromatic carbocycles. The second-order valence-corrected chi connectivity index (χ2v) is 4.28. The summed E-state index contributed by atoms with van der Waals surface area (Å²) in [7, 11) is 1.38. The van der Waals surface area contributed by atoms with Gasteiger partial charge in [0.25, 0.3) is 0 Å². The number of nitrogen functional groups attached to an aromatic ring is 1. The first-order valence-corrected chi connectivity index (χ1v) is 6.10. The average Bonchev–Trinajstić information content (AvgIpc) is 2.44. The molecular formula is C15H14FNO4. The Kier molecular flexibility index (Phi) is 4.27. The fourth-order valence-electron chi connectivity index (χ4n) is 1.86. The van der Waals surface area contributed by atoms with Gasteiger partial charge in [0.15, 0.2) is 11.6 Å². The van der Waals surface area contributed by atoms with E-state index in [2.05, 4.69) is 0 Å². The highest BCUT2D eigenvalue weighted by Gasteiger charge is 2.15. The normalized spacial score (nSPS) is 10.2. The van der Waals surface area contributed by atoms with Crippen molar-refractivity contribution in [1.29, 1.82) is 0 Å². The molecule has 0 aromatic heterocycles. The third kappa shape index (κ3) is 3.22. The Bertz CT molecular complexity index is 673. The van der Waals surface area contributed by atoms with E-state index in [-0.39, 0.29) is 29.4 Å². The summed E-state index contributed by atoms with van der Waals surface area (Å²) in [5, 5.41) is 9.12. The molecule has 0 fully saturated rings. The second kappa shape index (κ2) is 6.13. The highest BCUT2D eigenvalue weighted by Crippen LogP contribution is 2.26. The van der Waals surface area contributed by atoms with Crippen LogP contribution in [0, 0.1) is 5.82 Å². The van der Waals surface area contributed by atoms with Gasteiger partial charge < -0.3 is 20.3 Å². The SMILES string of the molecule is COc1ccc(COc2cccc(N)c2C(=O)O)cc1F. The smallest absolute Gasteiger partial charge is 0.341 e. The van der Waals surface area contributed by atoms with Gasteiger partial charge in [-0.1, -0.05) is 12.1 Å². The van der Waals surface area contributed by atoms with Gasteiger partial charge in [-0.2, -0.15) is 0 Å². The van der Waals surface area contributed by atoms with E-state index >= 15 is 0 Å². The molecule has 5 nitrogen and oxygen atoms in total. The molecule has 0 heterocycles. The van der Waals surface area contributed by atoms with Crippen molar-refractivity contribution in [3.8, 4) is 11.5 Å². The molecule has 0 aliphatic heterocycles. The van der Waals surface area contributed by atoms with Crippen LogP contribution in [0.5, 0.6) is 11.5 Å². The zero-order chi connectivity index (χ0) is 15.4. The van der Waals surface area contributed by atoms with E-state index in [0.29, 0.717) is 5.56 Å². The van der Waals surface area contributed by atoms with E-state index in [4.69, 9.17) is 20.3 Å². The summed E-state index contributed by atoms with van der Waals surface area (Å²) in [4.78, 5) is 11.2. The number of nitrogens with two attached hydrogens (primary N) is 1. The summed E-state index contributed by atoms with van der Waals surface area (Å²) >= 11 is 0. The molecule has 0 spiro atoms. The van der Waals surface area contributed by atoms with Gasteiger partial charge in [-0.3, -0.25) is 0 Å². The predicted molar refractivity (Wildman–Crippen MR) is 75.1 cm³/mol. The standard InChI is InChI=1S/C15H14FNO4/c1-20-12-6-5-9(7-10(12)16)8-21-13-4-2-3-11(17)14(13)15(18)19/h2-7H,8,17H2,1H3,(H,18,19). The van der Waals surface area contributed by atoms with E-state index in [1.807, 2.05) is 0 Å². The lowest BCUT2D eigenvalue weighted by Crippen LogP contribution is -2.07. The van der Waals surface area contributed by atoms with Crippen molar-refractivity contribution in [3.63, 3.8) is 0 Å². The first kappa shape index (κ1) is 14.6. The maximum atomic E-state index is 13.6. The number of rotatable bonds is 5. The number of carbonyl (C=O) groups is 1. The van der Waals surface area contributed by atoms with E-state index in [9.17, 15) is 9.18 Å². The van der Waals surface area contributed by atoms with Crippen molar-refractivity contribution in [2.75, 3.05) is 12.8 Å².